The van der Waals surface area contributed by atoms with Crippen molar-refractivity contribution >= 4 is 5.91 Å². The lowest BCUT2D eigenvalue weighted by molar-refractivity contribution is -0.137. The number of H-pyrrole nitrogens is 1. The second-order valence-corrected chi connectivity index (χ2v) is 8.93. The van der Waals surface area contributed by atoms with Crippen LogP contribution < -0.4 is 5.56 Å². The molecule has 6 nitrogen and oxygen atoms in total. The van der Waals surface area contributed by atoms with Crippen LogP contribution in [0, 0.1) is 5.92 Å². The fraction of sp³-hybridized carbons (Fsp3) is 0.762. The van der Waals surface area contributed by atoms with Gasteiger partial charge in [-0.15, -0.1) is 0 Å². The Kier molecular flexibility index (Phi) is 4.54. The van der Waals surface area contributed by atoms with Crippen LogP contribution in [0.4, 0.5) is 0 Å². The van der Waals surface area contributed by atoms with E-state index in [9.17, 15) is 9.59 Å². The summed E-state index contributed by atoms with van der Waals surface area (Å²) in [6.45, 7) is 3.31. The molecule has 1 amide bonds. The van der Waals surface area contributed by atoms with E-state index in [1.54, 1.807) is 0 Å². The highest BCUT2D eigenvalue weighted by Crippen LogP contribution is 2.33. The number of amides is 1. The third-order valence-electron chi connectivity index (χ3n) is 7.30. The number of aromatic nitrogens is 2. The SMILES string of the molecule is O=C(C1CCC1)N1CC[C@@H](c2nc3c(c(=O)[nH]2)CCN(C2CCCC2)C3)C1. The summed E-state index contributed by atoms with van der Waals surface area (Å²) < 4.78 is 0. The van der Waals surface area contributed by atoms with E-state index in [2.05, 4.69) is 9.88 Å². The van der Waals surface area contributed by atoms with Gasteiger partial charge in [0.15, 0.2) is 0 Å². The predicted octanol–water partition coefficient (Wildman–Crippen LogP) is 2.19. The first-order valence-electron chi connectivity index (χ1n) is 10.8. The molecule has 1 N–H and O–H groups in total. The van der Waals surface area contributed by atoms with Crippen LogP contribution >= 0.6 is 0 Å². The van der Waals surface area contributed by atoms with E-state index < -0.39 is 0 Å². The third kappa shape index (κ3) is 3.22. The zero-order valence-electron chi connectivity index (χ0n) is 16.1. The van der Waals surface area contributed by atoms with Gasteiger partial charge in [-0.3, -0.25) is 14.5 Å². The van der Waals surface area contributed by atoms with Gasteiger partial charge in [0.1, 0.15) is 5.82 Å². The van der Waals surface area contributed by atoms with Crippen molar-refractivity contribution in [2.75, 3.05) is 19.6 Å². The van der Waals surface area contributed by atoms with Gasteiger partial charge in [0.25, 0.3) is 5.56 Å². The fourth-order valence-electron chi connectivity index (χ4n) is 5.35. The number of nitrogens with zero attached hydrogens (tertiary/aromatic N) is 3. The van der Waals surface area contributed by atoms with Crippen molar-refractivity contribution in [1.82, 2.24) is 19.8 Å². The summed E-state index contributed by atoms with van der Waals surface area (Å²) >= 11 is 0. The Morgan fingerprint density at radius 1 is 1.04 bits per heavy atom. The van der Waals surface area contributed by atoms with Crippen LogP contribution in [0.5, 0.6) is 0 Å². The molecule has 2 saturated carbocycles. The number of fused-ring (bicyclic) bond motifs is 1. The Bertz CT molecular complexity index is 779. The topological polar surface area (TPSA) is 69.3 Å². The van der Waals surface area contributed by atoms with Crippen molar-refractivity contribution in [3.63, 3.8) is 0 Å². The van der Waals surface area contributed by atoms with Crippen LogP contribution in [-0.2, 0) is 17.8 Å². The molecule has 0 spiro atoms. The summed E-state index contributed by atoms with van der Waals surface area (Å²) in [6, 6.07) is 0.671. The molecular weight excluding hydrogens is 340 g/mol. The van der Waals surface area contributed by atoms with E-state index in [-0.39, 0.29) is 17.4 Å². The van der Waals surface area contributed by atoms with Gasteiger partial charge in [0.05, 0.1) is 5.69 Å². The van der Waals surface area contributed by atoms with Gasteiger partial charge in [0.2, 0.25) is 5.91 Å². The number of nitrogens with one attached hydrogen (secondary N) is 1. The molecule has 1 atom stereocenters. The Balaban J connectivity index is 1.32. The maximum Gasteiger partial charge on any atom is 0.254 e. The van der Waals surface area contributed by atoms with E-state index >= 15 is 0 Å². The second kappa shape index (κ2) is 7.04. The molecule has 6 heteroatoms. The Morgan fingerprint density at radius 2 is 1.85 bits per heavy atom. The summed E-state index contributed by atoms with van der Waals surface area (Å²) in [5.74, 6) is 1.54. The molecule has 1 aromatic rings. The zero-order valence-corrected chi connectivity index (χ0v) is 16.1. The van der Waals surface area contributed by atoms with Crippen LogP contribution in [0.2, 0.25) is 0 Å². The lowest BCUT2D eigenvalue weighted by atomic mass is 9.84. The molecule has 0 radical (unpaired) electrons. The number of rotatable bonds is 3. The summed E-state index contributed by atoms with van der Waals surface area (Å²) in [5.41, 5.74) is 1.91. The van der Waals surface area contributed by atoms with Crippen molar-refractivity contribution in [2.45, 2.75) is 76.3 Å². The number of carbonyl (C=O) groups is 1. The minimum atomic E-state index is 0.0461. The van der Waals surface area contributed by atoms with Gasteiger partial charge in [0, 0.05) is 49.6 Å². The average Bonchev–Trinajstić information content (AvgIpc) is 3.32. The van der Waals surface area contributed by atoms with Crippen molar-refractivity contribution in [3.8, 4) is 0 Å². The number of carbonyl (C=O) groups excluding carboxylic acids is 1. The monoisotopic (exact) mass is 370 g/mol. The summed E-state index contributed by atoms with van der Waals surface area (Å²) in [5, 5.41) is 0. The van der Waals surface area contributed by atoms with Gasteiger partial charge in [-0.25, -0.2) is 4.98 Å². The van der Waals surface area contributed by atoms with Crippen LogP contribution in [0.1, 0.15) is 74.4 Å². The van der Waals surface area contributed by atoms with E-state index in [0.717, 1.165) is 62.4 Å². The Morgan fingerprint density at radius 3 is 2.59 bits per heavy atom. The van der Waals surface area contributed by atoms with Gasteiger partial charge in [-0.1, -0.05) is 19.3 Å². The van der Waals surface area contributed by atoms with Crippen LogP contribution in [0.15, 0.2) is 4.79 Å². The molecule has 3 fully saturated rings. The second-order valence-electron chi connectivity index (χ2n) is 8.93. The first-order valence-corrected chi connectivity index (χ1v) is 10.8. The fourth-order valence-corrected chi connectivity index (χ4v) is 5.35. The number of aromatic amines is 1. The lowest BCUT2D eigenvalue weighted by Gasteiger charge is -2.33. The Hall–Kier alpha value is -1.69. The molecule has 0 bridgehead atoms. The van der Waals surface area contributed by atoms with E-state index in [1.165, 1.54) is 32.1 Å². The molecule has 3 heterocycles. The van der Waals surface area contributed by atoms with Gasteiger partial charge in [-0.2, -0.15) is 0 Å². The molecule has 27 heavy (non-hydrogen) atoms. The minimum absolute atomic E-state index is 0.0461. The quantitative estimate of drug-likeness (QED) is 0.885. The average molecular weight is 370 g/mol. The summed E-state index contributed by atoms with van der Waals surface area (Å²) in [6.07, 6.45) is 10.2. The first-order chi connectivity index (χ1) is 13.2. The normalized spacial score (nSPS) is 27.0. The molecular formula is C21H30N4O2. The van der Waals surface area contributed by atoms with Crippen LogP contribution in [0.25, 0.3) is 0 Å². The lowest BCUT2D eigenvalue weighted by Crippen LogP contribution is -2.41. The smallest absolute Gasteiger partial charge is 0.254 e. The van der Waals surface area contributed by atoms with Crippen molar-refractivity contribution in [2.24, 2.45) is 5.92 Å². The maximum absolute atomic E-state index is 12.7. The molecule has 0 aromatic carbocycles. The number of hydrogen-bond donors (Lipinski definition) is 1. The van der Waals surface area contributed by atoms with E-state index in [1.807, 2.05) is 4.90 Å². The number of hydrogen-bond acceptors (Lipinski definition) is 4. The van der Waals surface area contributed by atoms with Gasteiger partial charge >= 0.3 is 0 Å². The molecule has 0 unspecified atom stereocenters. The summed E-state index contributed by atoms with van der Waals surface area (Å²) in [4.78, 5) is 37.7. The van der Waals surface area contributed by atoms with E-state index in [0.29, 0.717) is 18.5 Å². The number of likely N-dealkylation sites (tertiary alicyclic amines) is 1. The highest BCUT2D eigenvalue weighted by Gasteiger charge is 2.35. The highest BCUT2D eigenvalue weighted by molar-refractivity contribution is 5.80. The first kappa shape index (κ1) is 17.4. The van der Waals surface area contributed by atoms with Crippen LogP contribution in [-0.4, -0.2) is 51.4 Å². The molecule has 2 aliphatic heterocycles. The largest absolute Gasteiger partial charge is 0.342 e. The third-order valence-corrected chi connectivity index (χ3v) is 7.30. The molecule has 5 rings (SSSR count). The molecule has 1 saturated heterocycles. The van der Waals surface area contributed by atoms with Crippen molar-refractivity contribution < 1.29 is 4.79 Å². The standard InChI is InChI=1S/C21H30N4O2/c26-20-17-9-11-24(16-6-1-2-7-16)13-18(17)22-19(23-20)15-8-10-25(12-15)21(27)14-4-3-5-14/h14-16H,1-13H2,(H,22,23,26)/t15-/m1/s1. The predicted molar refractivity (Wildman–Crippen MR) is 103 cm³/mol. The summed E-state index contributed by atoms with van der Waals surface area (Å²) in [7, 11) is 0. The van der Waals surface area contributed by atoms with Gasteiger partial charge in [-0.05, 0) is 38.5 Å². The molecule has 4 aliphatic rings. The zero-order chi connectivity index (χ0) is 18.4. The van der Waals surface area contributed by atoms with Crippen molar-refractivity contribution in [1.29, 1.82) is 0 Å². The van der Waals surface area contributed by atoms with Gasteiger partial charge < -0.3 is 9.88 Å². The highest BCUT2D eigenvalue weighted by atomic mass is 16.2. The maximum atomic E-state index is 12.7. The van der Waals surface area contributed by atoms with E-state index in [4.69, 9.17) is 4.98 Å². The van der Waals surface area contributed by atoms with Crippen molar-refractivity contribution in [3.05, 3.63) is 27.4 Å². The Labute approximate surface area is 160 Å². The van der Waals surface area contributed by atoms with Crippen LogP contribution in [0.3, 0.4) is 0 Å². The molecule has 2 aliphatic carbocycles. The molecule has 1 aromatic heterocycles. The minimum Gasteiger partial charge on any atom is -0.342 e. The molecule has 146 valence electrons.